The first-order chi connectivity index (χ1) is 15.2. The molecule has 1 aliphatic carbocycles. The molecule has 7 heteroatoms. The largest absolute Gasteiger partial charge is 0.488 e. The summed E-state index contributed by atoms with van der Waals surface area (Å²) in [6.45, 7) is 0.427. The van der Waals surface area contributed by atoms with Crippen LogP contribution in [-0.4, -0.2) is 46.4 Å². The van der Waals surface area contributed by atoms with E-state index in [1.165, 1.54) is 0 Å². The topological polar surface area (TPSA) is 71.5 Å². The highest BCUT2D eigenvalue weighted by atomic mass is 32.1. The van der Waals surface area contributed by atoms with Crippen molar-refractivity contribution in [2.75, 3.05) is 6.54 Å². The van der Waals surface area contributed by atoms with E-state index in [4.69, 9.17) is 4.74 Å². The molecule has 1 aromatic heterocycles. The normalized spacial score (nSPS) is 20.7. The van der Waals surface area contributed by atoms with Crippen LogP contribution in [0, 0.1) is 0 Å². The van der Waals surface area contributed by atoms with Gasteiger partial charge in [0, 0.05) is 25.3 Å². The van der Waals surface area contributed by atoms with Gasteiger partial charge in [0.15, 0.2) is 0 Å². The molecule has 5 rings (SSSR count). The summed E-state index contributed by atoms with van der Waals surface area (Å²) >= 11 is 1.62. The summed E-state index contributed by atoms with van der Waals surface area (Å²) in [5.74, 6) is 0.682. The zero-order chi connectivity index (χ0) is 21.2. The third-order valence-corrected chi connectivity index (χ3v) is 6.84. The van der Waals surface area contributed by atoms with Gasteiger partial charge in [0.25, 0.3) is 0 Å². The van der Waals surface area contributed by atoms with E-state index >= 15 is 0 Å². The van der Waals surface area contributed by atoms with Gasteiger partial charge in [-0.25, -0.2) is 4.98 Å². The third-order valence-electron chi connectivity index (χ3n) is 5.75. The Labute approximate surface area is 185 Å². The number of hydrogen-bond acceptors (Lipinski definition) is 5. The van der Waals surface area contributed by atoms with Gasteiger partial charge in [0.2, 0.25) is 11.8 Å². The fourth-order valence-corrected chi connectivity index (χ4v) is 4.97. The summed E-state index contributed by atoms with van der Waals surface area (Å²) in [6.07, 6.45) is 3.28. The number of ether oxygens (including phenoxy) is 1. The molecule has 6 nitrogen and oxygen atoms in total. The van der Waals surface area contributed by atoms with E-state index in [0.717, 1.165) is 33.8 Å². The van der Waals surface area contributed by atoms with Crippen molar-refractivity contribution in [1.29, 1.82) is 0 Å². The van der Waals surface area contributed by atoms with Gasteiger partial charge in [-0.05, 0) is 37.1 Å². The van der Waals surface area contributed by atoms with Crippen LogP contribution in [0.5, 0.6) is 5.75 Å². The molecule has 0 radical (unpaired) electrons. The van der Waals surface area contributed by atoms with Crippen LogP contribution in [0.1, 0.15) is 30.7 Å². The number of nitrogens with zero attached hydrogens (tertiary/aromatic N) is 2. The van der Waals surface area contributed by atoms with Gasteiger partial charge in [0.05, 0.1) is 21.8 Å². The van der Waals surface area contributed by atoms with Crippen LogP contribution in [-0.2, 0) is 16.0 Å². The van der Waals surface area contributed by atoms with E-state index in [1.807, 2.05) is 54.6 Å². The van der Waals surface area contributed by atoms with Crippen molar-refractivity contribution in [3.05, 3.63) is 59.6 Å². The highest BCUT2D eigenvalue weighted by molar-refractivity contribution is 7.18. The van der Waals surface area contributed by atoms with Crippen LogP contribution < -0.4 is 10.1 Å². The first kappa shape index (κ1) is 20.0. The molecule has 1 aliphatic heterocycles. The summed E-state index contributed by atoms with van der Waals surface area (Å²) in [5.41, 5.74) is 0.967. The number of thiazole rings is 1. The van der Waals surface area contributed by atoms with E-state index in [9.17, 15) is 9.59 Å². The lowest BCUT2D eigenvalue weighted by atomic mass is 10.1. The number of nitrogens with one attached hydrogen (secondary N) is 1. The quantitative estimate of drug-likeness (QED) is 0.616. The predicted octanol–water partition coefficient (Wildman–Crippen LogP) is 3.56. The number of hydrogen-bond donors (Lipinski definition) is 1. The molecule has 0 spiro atoms. The molecular formula is C24H25N3O3S. The molecule has 0 unspecified atom stereocenters. The smallest absolute Gasteiger partial charge is 0.243 e. The predicted molar refractivity (Wildman–Crippen MR) is 120 cm³/mol. The first-order valence-corrected chi connectivity index (χ1v) is 11.6. The molecule has 2 fully saturated rings. The summed E-state index contributed by atoms with van der Waals surface area (Å²) < 4.78 is 7.20. The van der Waals surface area contributed by atoms with Crippen LogP contribution in [0.3, 0.4) is 0 Å². The number of para-hydroxylation sites is 2. The van der Waals surface area contributed by atoms with E-state index in [2.05, 4.69) is 10.3 Å². The molecule has 2 atom stereocenters. The van der Waals surface area contributed by atoms with E-state index in [1.54, 1.807) is 16.2 Å². The van der Waals surface area contributed by atoms with Gasteiger partial charge in [-0.15, -0.1) is 11.3 Å². The Bertz CT molecular complexity index is 1050. The lowest BCUT2D eigenvalue weighted by molar-refractivity contribution is -0.138. The third kappa shape index (κ3) is 4.71. The van der Waals surface area contributed by atoms with Crippen molar-refractivity contribution in [2.24, 2.45) is 0 Å². The molecule has 3 aromatic rings. The van der Waals surface area contributed by atoms with Gasteiger partial charge < -0.3 is 15.0 Å². The molecule has 2 heterocycles. The molecule has 31 heavy (non-hydrogen) atoms. The number of likely N-dealkylation sites (tertiary alicyclic amines) is 1. The summed E-state index contributed by atoms with van der Waals surface area (Å²) in [5, 5.41) is 4.01. The van der Waals surface area contributed by atoms with E-state index in [0.29, 0.717) is 25.8 Å². The standard InChI is InChI=1S/C24H25N3O3S/c28-23(13-12-22-26-19-8-4-5-9-21(19)31-22)27-15-18(30-17-6-2-1-3-7-17)14-20(27)24(29)25-16-10-11-16/h1-9,16,18,20H,10-15H2,(H,25,29)/t18-,20-/m0/s1. The van der Waals surface area contributed by atoms with Crippen molar-refractivity contribution in [2.45, 2.75) is 50.3 Å². The lowest BCUT2D eigenvalue weighted by Crippen LogP contribution is -2.46. The van der Waals surface area contributed by atoms with Crippen LogP contribution in [0.4, 0.5) is 0 Å². The average Bonchev–Trinajstić information content (AvgIpc) is 3.34. The Kier molecular flexibility index (Phi) is 5.59. The fourth-order valence-electron chi connectivity index (χ4n) is 4.01. The molecule has 2 aliphatic rings. The number of carbonyl (C=O) groups is 2. The minimum Gasteiger partial charge on any atom is -0.488 e. The van der Waals surface area contributed by atoms with Gasteiger partial charge in [0.1, 0.15) is 17.9 Å². The van der Waals surface area contributed by atoms with Gasteiger partial charge in [-0.3, -0.25) is 9.59 Å². The molecule has 2 aromatic carbocycles. The van der Waals surface area contributed by atoms with Crippen molar-refractivity contribution in [3.63, 3.8) is 0 Å². The van der Waals surface area contributed by atoms with Crippen molar-refractivity contribution in [3.8, 4) is 5.75 Å². The Hall–Kier alpha value is -2.93. The van der Waals surface area contributed by atoms with E-state index in [-0.39, 0.29) is 24.0 Å². The Balaban J connectivity index is 1.26. The number of amides is 2. The number of aryl methyl sites for hydroxylation is 1. The summed E-state index contributed by atoms with van der Waals surface area (Å²) in [6, 6.07) is 17.4. The highest BCUT2D eigenvalue weighted by Crippen LogP contribution is 2.27. The second kappa shape index (κ2) is 8.67. The summed E-state index contributed by atoms with van der Waals surface area (Å²) in [4.78, 5) is 32.3. The number of aromatic nitrogens is 1. The van der Waals surface area contributed by atoms with Crippen LogP contribution in [0.2, 0.25) is 0 Å². The second-order valence-electron chi connectivity index (χ2n) is 8.21. The Morgan fingerprint density at radius 1 is 1.10 bits per heavy atom. The SMILES string of the molecule is O=C(NC1CC1)[C@@H]1C[C@H](Oc2ccccc2)CN1C(=O)CCc1nc2ccccc2s1. The summed E-state index contributed by atoms with van der Waals surface area (Å²) in [7, 11) is 0. The van der Waals surface area contributed by atoms with Gasteiger partial charge in [-0.2, -0.15) is 0 Å². The molecule has 160 valence electrons. The maximum Gasteiger partial charge on any atom is 0.243 e. The van der Waals surface area contributed by atoms with Crippen molar-refractivity contribution in [1.82, 2.24) is 15.2 Å². The average molecular weight is 436 g/mol. The maximum absolute atomic E-state index is 13.1. The minimum atomic E-state index is -0.475. The second-order valence-corrected chi connectivity index (χ2v) is 9.32. The number of fused-ring (bicyclic) bond motifs is 1. The molecule has 0 bridgehead atoms. The first-order valence-electron chi connectivity index (χ1n) is 10.8. The molecule has 1 N–H and O–H groups in total. The Morgan fingerprint density at radius 2 is 1.87 bits per heavy atom. The highest BCUT2D eigenvalue weighted by Gasteiger charge is 2.41. The number of rotatable bonds is 7. The maximum atomic E-state index is 13.1. The molecule has 1 saturated carbocycles. The van der Waals surface area contributed by atoms with Crippen molar-refractivity contribution < 1.29 is 14.3 Å². The van der Waals surface area contributed by atoms with E-state index < -0.39 is 6.04 Å². The molecule has 2 amide bonds. The zero-order valence-electron chi connectivity index (χ0n) is 17.2. The Morgan fingerprint density at radius 3 is 2.65 bits per heavy atom. The fraction of sp³-hybridized carbons (Fsp3) is 0.375. The monoisotopic (exact) mass is 435 g/mol. The van der Waals surface area contributed by atoms with Crippen LogP contribution in [0.15, 0.2) is 54.6 Å². The van der Waals surface area contributed by atoms with Crippen LogP contribution >= 0.6 is 11.3 Å². The van der Waals surface area contributed by atoms with Crippen LogP contribution in [0.25, 0.3) is 10.2 Å². The zero-order valence-corrected chi connectivity index (χ0v) is 18.0. The molecule has 1 saturated heterocycles. The lowest BCUT2D eigenvalue weighted by Gasteiger charge is -2.23. The van der Waals surface area contributed by atoms with Gasteiger partial charge >= 0.3 is 0 Å². The molecular weight excluding hydrogens is 410 g/mol. The minimum absolute atomic E-state index is 0.0191. The number of carbonyl (C=O) groups excluding carboxylic acids is 2. The number of benzene rings is 2. The van der Waals surface area contributed by atoms with Gasteiger partial charge in [-0.1, -0.05) is 30.3 Å². The van der Waals surface area contributed by atoms with Crippen molar-refractivity contribution >= 4 is 33.4 Å².